The number of aliphatic hydroxyl groups is 1. The Morgan fingerprint density at radius 3 is 3.03 bits per heavy atom. The molecule has 0 aromatic carbocycles. The Balaban J connectivity index is 1.53. The number of aryl methyl sites for hydroxylation is 2. The van der Waals surface area contributed by atoms with Crippen LogP contribution in [0.5, 0.6) is 0 Å². The summed E-state index contributed by atoms with van der Waals surface area (Å²) in [6.07, 6.45) is 8.10. The molecule has 1 unspecified atom stereocenters. The smallest absolute Gasteiger partial charge is 0.156 e. The van der Waals surface area contributed by atoms with Crippen molar-refractivity contribution in [2.45, 2.75) is 19.8 Å². The first-order valence-corrected chi connectivity index (χ1v) is 11.0. The molecule has 0 bridgehead atoms. The Kier molecular flexibility index (Phi) is 5.05. The Hall–Kier alpha value is -2.69. The van der Waals surface area contributed by atoms with Gasteiger partial charge in [0.1, 0.15) is 16.7 Å². The minimum absolute atomic E-state index is 0.218. The Labute approximate surface area is 179 Å². The minimum Gasteiger partial charge on any atom is -0.396 e. The van der Waals surface area contributed by atoms with Crippen LogP contribution in [0.1, 0.15) is 24.1 Å². The van der Waals surface area contributed by atoms with Crippen molar-refractivity contribution in [2.24, 2.45) is 18.0 Å². The summed E-state index contributed by atoms with van der Waals surface area (Å²) < 4.78 is 6.19. The number of nitrogens with zero attached hydrogens (tertiary/aromatic N) is 6. The summed E-state index contributed by atoms with van der Waals surface area (Å²) in [6, 6.07) is 2.04. The zero-order valence-electron chi connectivity index (χ0n) is 17.2. The fourth-order valence-corrected chi connectivity index (χ4v) is 4.79. The Morgan fingerprint density at radius 2 is 2.30 bits per heavy atom. The third-order valence-electron chi connectivity index (χ3n) is 5.66. The summed E-state index contributed by atoms with van der Waals surface area (Å²) in [5, 5.41) is 20.5. The Bertz CT molecular complexity index is 1040. The fraction of sp³-hybridized carbons (Fsp3) is 0.450. The molecular weight excluding hydrogens is 400 g/mol. The second-order valence-electron chi connectivity index (χ2n) is 7.97. The van der Waals surface area contributed by atoms with E-state index in [0.29, 0.717) is 12.5 Å². The molecule has 2 aromatic heterocycles. The van der Waals surface area contributed by atoms with Crippen LogP contribution >= 0.6 is 11.5 Å². The molecule has 30 heavy (non-hydrogen) atoms. The van der Waals surface area contributed by atoms with Crippen LogP contribution in [-0.2, 0) is 7.05 Å². The molecule has 10 heteroatoms. The highest BCUT2D eigenvalue weighted by molar-refractivity contribution is 7.10. The number of rotatable bonds is 4. The number of aromatic nitrogens is 3. The van der Waals surface area contributed by atoms with Gasteiger partial charge in [-0.3, -0.25) is 4.68 Å². The fourth-order valence-electron chi connectivity index (χ4n) is 4.12. The monoisotopic (exact) mass is 426 g/mol. The van der Waals surface area contributed by atoms with Crippen LogP contribution in [0.15, 0.2) is 41.2 Å². The molecule has 3 aliphatic heterocycles. The maximum Gasteiger partial charge on any atom is 0.156 e. The number of likely N-dealkylation sites (tertiary alicyclic amines) is 1. The quantitative estimate of drug-likeness (QED) is 0.686. The molecule has 3 N–H and O–H groups in total. The number of anilines is 1. The van der Waals surface area contributed by atoms with Gasteiger partial charge in [0.15, 0.2) is 5.82 Å². The van der Waals surface area contributed by atoms with Crippen molar-refractivity contribution in [1.29, 1.82) is 0 Å². The second kappa shape index (κ2) is 7.86. The van der Waals surface area contributed by atoms with E-state index < -0.39 is 0 Å². The number of hydrazine groups is 1. The molecule has 0 amide bonds. The molecule has 5 heterocycles. The first-order chi connectivity index (χ1) is 14.6. The maximum atomic E-state index is 9.66. The number of aliphatic imine (C=N–C) groups is 1. The molecular formula is C20H26N8OS. The van der Waals surface area contributed by atoms with Crippen LogP contribution in [0.4, 0.5) is 5.00 Å². The molecule has 3 aliphatic rings. The van der Waals surface area contributed by atoms with E-state index in [-0.39, 0.29) is 6.61 Å². The zero-order chi connectivity index (χ0) is 20.7. The average Bonchev–Trinajstić information content (AvgIpc) is 3.47. The number of nitrogens with one attached hydrogen (secondary N) is 2. The average molecular weight is 427 g/mol. The van der Waals surface area contributed by atoms with Gasteiger partial charge in [-0.2, -0.15) is 9.47 Å². The zero-order valence-corrected chi connectivity index (χ0v) is 18.0. The normalized spacial score (nSPS) is 21.6. The van der Waals surface area contributed by atoms with Crippen LogP contribution in [0, 0.1) is 12.8 Å². The number of hydrogen-bond acceptors (Lipinski definition) is 9. The van der Waals surface area contributed by atoms with Crippen molar-refractivity contribution in [3.05, 3.63) is 47.4 Å². The number of fused-ring (bicyclic) bond motifs is 1. The molecule has 158 valence electrons. The standard InChI is InChI=1S/C20H26N8OS/c1-13-6-19(30-25-13)23-18-7-17(27-5-3-4-14(10-27)12-29)24-20-16(9-22-28(18)20)15-8-21-26(2)11-15/h6-8,11,14,22-23,29H,3-5,9-10,12H2,1-2H3. The summed E-state index contributed by atoms with van der Waals surface area (Å²) in [4.78, 5) is 7.32. The lowest BCUT2D eigenvalue weighted by Gasteiger charge is -2.36. The lowest BCUT2D eigenvalue weighted by molar-refractivity contribution is 0.160. The van der Waals surface area contributed by atoms with Crippen LogP contribution < -0.4 is 10.7 Å². The highest BCUT2D eigenvalue weighted by Crippen LogP contribution is 2.33. The molecule has 0 spiro atoms. The van der Waals surface area contributed by atoms with Crippen LogP contribution in [0.3, 0.4) is 0 Å². The van der Waals surface area contributed by atoms with Gasteiger partial charge in [0.25, 0.3) is 0 Å². The van der Waals surface area contributed by atoms with E-state index in [0.717, 1.165) is 65.2 Å². The summed E-state index contributed by atoms with van der Waals surface area (Å²) in [5.41, 5.74) is 6.62. The van der Waals surface area contributed by atoms with Gasteiger partial charge in [0, 0.05) is 56.7 Å². The molecule has 1 fully saturated rings. The van der Waals surface area contributed by atoms with Gasteiger partial charge in [-0.1, -0.05) is 0 Å². The Morgan fingerprint density at radius 1 is 1.40 bits per heavy atom. The lowest BCUT2D eigenvalue weighted by Crippen LogP contribution is -2.44. The molecule has 0 saturated carbocycles. The molecule has 0 radical (unpaired) electrons. The van der Waals surface area contributed by atoms with E-state index in [1.54, 1.807) is 0 Å². The number of amidine groups is 1. The van der Waals surface area contributed by atoms with Gasteiger partial charge in [-0.25, -0.2) is 15.4 Å². The van der Waals surface area contributed by atoms with Crippen molar-refractivity contribution >= 4 is 27.9 Å². The summed E-state index contributed by atoms with van der Waals surface area (Å²) in [5.74, 6) is 3.02. The van der Waals surface area contributed by atoms with E-state index in [1.807, 2.05) is 42.1 Å². The predicted octanol–water partition coefficient (Wildman–Crippen LogP) is 1.74. The lowest BCUT2D eigenvalue weighted by atomic mass is 9.99. The van der Waals surface area contributed by atoms with Gasteiger partial charge in [0.2, 0.25) is 0 Å². The van der Waals surface area contributed by atoms with E-state index >= 15 is 0 Å². The summed E-state index contributed by atoms with van der Waals surface area (Å²) in [6.45, 7) is 4.66. The van der Waals surface area contributed by atoms with Crippen molar-refractivity contribution in [3.63, 3.8) is 0 Å². The third-order valence-corrected chi connectivity index (χ3v) is 6.45. The van der Waals surface area contributed by atoms with Crippen LogP contribution in [0.2, 0.25) is 0 Å². The van der Waals surface area contributed by atoms with E-state index in [9.17, 15) is 5.11 Å². The molecule has 9 nitrogen and oxygen atoms in total. The number of aliphatic hydroxyl groups excluding tert-OH is 1. The predicted molar refractivity (Wildman–Crippen MR) is 117 cm³/mol. The maximum absolute atomic E-state index is 9.66. The van der Waals surface area contributed by atoms with Crippen molar-refractivity contribution in [2.75, 3.05) is 31.6 Å². The number of hydrogen-bond donors (Lipinski definition) is 3. The van der Waals surface area contributed by atoms with E-state index in [1.165, 1.54) is 11.5 Å². The van der Waals surface area contributed by atoms with Crippen molar-refractivity contribution in [1.82, 2.24) is 29.5 Å². The van der Waals surface area contributed by atoms with Crippen molar-refractivity contribution < 1.29 is 5.11 Å². The highest BCUT2D eigenvalue weighted by Gasteiger charge is 2.32. The van der Waals surface area contributed by atoms with E-state index in [4.69, 9.17) is 4.99 Å². The third kappa shape index (κ3) is 3.62. The first-order valence-electron chi connectivity index (χ1n) is 10.2. The SMILES string of the molecule is Cc1cc(NC2=CC(N3CCCC(CO)C3)=NC3=C(c4cnn(C)c4)CNN23)sn1. The minimum atomic E-state index is 0.218. The summed E-state index contributed by atoms with van der Waals surface area (Å²) >= 11 is 1.45. The molecule has 5 rings (SSSR count). The molecule has 1 atom stereocenters. The topological polar surface area (TPSA) is 93.8 Å². The van der Waals surface area contributed by atoms with Gasteiger partial charge in [-0.15, -0.1) is 0 Å². The van der Waals surface area contributed by atoms with Crippen LogP contribution in [-0.4, -0.2) is 61.2 Å². The second-order valence-corrected chi connectivity index (χ2v) is 8.77. The number of piperidine rings is 1. The molecule has 0 aliphatic carbocycles. The summed E-state index contributed by atoms with van der Waals surface area (Å²) in [7, 11) is 1.92. The van der Waals surface area contributed by atoms with Gasteiger partial charge >= 0.3 is 0 Å². The van der Waals surface area contributed by atoms with Crippen LogP contribution in [0.25, 0.3) is 5.57 Å². The van der Waals surface area contributed by atoms with Gasteiger partial charge < -0.3 is 15.3 Å². The molecule has 2 aromatic rings. The first kappa shape index (κ1) is 19.3. The van der Waals surface area contributed by atoms with E-state index in [2.05, 4.69) is 31.2 Å². The van der Waals surface area contributed by atoms with Gasteiger partial charge in [0.05, 0.1) is 11.9 Å². The van der Waals surface area contributed by atoms with Gasteiger partial charge in [-0.05, 0) is 43.3 Å². The van der Waals surface area contributed by atoms with Crippen molar-refractivity contribution in [3.8, 4) is 0 Å². The highest BCUT2D eigenvalue weighted by atomic mass is 32.1. The largest absolute Gasteiger partial charge is 0.396 e. The molecule has 1 saturated heterocycles.